The van der Waals surface area contributed by atoms with Crippen molar-refractivity contribution in [3.8, 4) is 0 Å². The number of unbranched alkanes of at least 4 members (excludes halogenated alkanes) is 29. The third-order valence-electron chi connectivity index (χ3n) is 11.9. The lowest BCUT2D eigenvalue weighted by Crippen LogP contribution is -2.60. The van der Waals surface area contributed by atoms with E-state index < -0.39 is 49.5 Å². The molecule has 1 fully saturated rings. The van der Waals surface area contributed by atoms with Gasteiger partial charge in [-0.25, -0.2) is 0 Å². The minimum absolute atomic E-state index is 0.135. The Kier molecular flexibility index (Phi) is 37.0. The largest absolute Gasteiger partial charge is 0.394 e. The van der Waals surface area contributed by atoms with Gasteiger partial charge in [-0.1, -0.05) is 199 Å². The maximum atomic E-state index is 13.0. The highest BCUT2D eigenvalue weighted by molar-refractivity contribution is 5.76. The van der Waals surface area contributed by atoms with Crippen molar-refractivity contribution in [3.05, 3.63) is 12.2 Å². The van der Waals surface area contributed by atoms with Crippen molar-refractivity contribution in [2.45, 2.75) is 275 Å². The van der Waals surface area contributed by atoms with Crippen molar-refractivity contribution < 1.29 is 39.8 Å². The van der Waals surface area contributed by atoms with Gasteiger partial charge < -0.3 is 40.3 Å². The molecule has 0 saturated carbocycles. The summed E-state index contributed by atoms with van der Waals surface area (Å²) in [5.41, 5.74) is 0. The molecule has 338 valence electrons. The van der Waals surface area contributed by atoms with E-state index in [1.54, 1.807) is 0 Å². The zero-order chi connectivity index (χ0) is 41.6. The lowest BCUT2D eigenvalue weighted by atomic mass is 9.99. The van der Waals surface area contributed by atoms with E-state index in [0.29, 0.717) is 12.8 Å². The fraction of sp³-hybridized carbons (Fsp3) is 0.938. The Labute approximate surface area is 350 Å². The number of aliphatic hydroxyl groups excluding tert-OH is 5. The molecule has 1 aliphatic heterocycles. The summed E-state index contributed by atoms with van der Waals surface area (Å²) in [5.74, 6) is -0.145. The number of nitrogens with one attached hydrogen (secondary N) is 1. The van der Waals surface area contributed by atoms with Crippen LogP contribution < -0.4 is 5.32 Å². The van der Waals surface area contributed by atoms with Crippen LogP contribution in [0.1, 0.15) is 232 Å². The van der Waals surface area contributed by atoms with Crippen LogP contribution in [0.2, 0.25) is 0 Å². The number of rotatable bonds is 41. The van der Waals surface area contributed by atoms with Gasteiger partial charge in [-0.15, -0.1) is 0 Å². The van der Waals surface area contributed by atoms with E-state index in [0.717, 1.165) is 38.5 Å². The second-order valence-corrected chi connectivity index (χ2v) is 17.3. The molecule has 9 nitrogen and oxygen atoms in total. The van der Waals surface area contributed by atoms with Crippen LogP contribution >= 0.6 is 0 Å². The molecule has 6 N–H and O–H groups in total. The first-order chi connectivity index (χ1) is 27.8. The van der Waals surface area contributed by atoms with Gasteiger partial charge in [-0.3, -0.25) is 4.79 Å². The molecule has 1 heterocycles. The van der Waals surface area contributed by atoms with Crippen LogP contribution in [-0.4, -0.2) is 87.5 Å². The lowest BCUT2D eigenvalue weighted by Gasteiger charge is -2.40. The minimum atomic E-state index is -1.55. The lowest BCUT2D eigenvalue weighted by molar-refractivity contribution is -0.302. The quantitative estimate of drug-likeness (QED) is 0.0264. The van der Waals surface area contributed by atoms with E-state index in [4.69, 9.17) is 9.47 Å². The maximum Gasteiger partial charge on any atom is 0.220 e. The van der Waals surface area contributed by atoms with Crippen LogP contribution in [0, 0.1) is 0 Å². The van der Waals surface area contributed by atoms with E-state index in [-0.39, 0.29) is 12.5 Å². The average molecular weight is 812 g/mol. The van der Waals surface area contributed by atoms with Gasteiger partial charge in [0.05, 0.1) is 25.4 Å². The number of ether oxygens (including phenoxy) is 2. The van der Waals surface area contributed by atoms with Crippen LogP contribution in [0.4, 0.5) is 0 Å². The molecule has 1 saturated heterocycles. The van der Waals surface area contributed by atoms with Crippen molar-refractivity contribution in [2.75, 3.05) is 13.2 Å². The summed E-state index contributed by atoms with van der Waals surface area (Å²) in [6, 6.07) is -0.715. The van der Waals surface area contributed by atoms with Gasteiger partial charge in [0.2, 0.25) is 5.91 Å². The Hall–Kier alpha value is -1.07. The Morgan fingerprint density at radius 2 is 0.982 bits per heavy atom. The number of amides is 1. The summed E-state index contributed by atoms with van der Waals surface area (Å²) < 4.78 is 11.3. The zero-order valence-corrected chi connectivity index (χ0v) is 37.1. The van der Waals surface area contributed by atoms with Crippen LogP contribution in [0.15, 0.2) is 12.2 Å². The SMILES string of the molecule is CCCCCCCCCC/C=C\CCCCCCCCCCCC(=O)NC(COC1OC(CO)C(O)C(O)C1O)C(O)CCCCCCCCCCCCCCC. The van der Waals surface area contributed by atoms with Crippen molar-refractivity contribution in [1.82, 2.24) is 5.32 Å². The Morgan fingerprint density at radius 3 is 1.42 bits per heavy atom. The van der Waals surface area contributed by atoms with Crippen LogP contribution in [0.25, 0.3) is 0 Å². The average Bonchev–Trinajstić information content (AvgIpc) is 3.21. The van der Waals surface area contributed by atoms with Crippen molar-refractivity contribution in [3.63, 3.8) is 0 Å². The van der Waals surface area contributed by atoms with Gasteiger partial charge in [0.1, 0.15) is 24.4 Å². The van der Waals surface area contributed by atoms with E-state index >= 15 is 0 Å². The molecule has 0 radical (unpaired) electrons. The van der Waals surface area contributed by atoms with Gasteiger partial charge in [0.15, 0.2) is 6.29 Å². The Morgan fingerprint density at radius 1 is 0.579 bits per heavy atom. The van der Waals surface area contributed by atoms with E-state index in [9.17, 15) is 30.3 Å². The molecule has 0 aromatic carbocycles. The van der Waals surface area contributed by atoms with Crippen LogP contribution in [0.3, 0.4) is 0 Å². The molecule has 0 aliphatic carbocycles. The molecule has 57 heavy (non-hydrogen) atoms. The van der Waals surface area contributed by atoms with E-state index in [1.165, 1.54) is 167 Å². The third-order valence-corrected chi connectivity index (χ3v) is 11.9. The van der Waals surface area contributed by atoms with Gasteiger partial charge in [-0.05, 0) is 38.5 Å². The molecule has 0 bridgehead atoms. The third kappa shape index (κ3) is 29.7. The Balaban J connectivity index is 2.27. The predicted octanol–water partition coefficient (Wildman–Crippen LogP) is 10.5. The summed E-state index contributed by atoms with van der Waals surface area (Å²) >= 11 is 0. The second-order valence-electron chi connectivity index (χ2n) is 17.3. The molecule has 7 atom stereocenters. The molecule has 1 amide bonds. The highest BCUT2D eigenvalue weighted by Gasteiger charge is 2.44. The number of hydrogen-bond acceptors (Lipinski definition) is 8. The molecule has 1 aliphatic rings. The van der Waals surface area contributed by atoms with E-state index in [2.05, 4.69) is 31.3 Å². The fourth-order valence-corrected chi connectivity index (χ4v) is 7.92. The highest BCUT2D eigenvalue weighted by atomic mass is 16.7. The summed E-state index contributed by atoms with van der Waals surface area (Å²) in [4.78, 5) is 13.0. The molecule has 0 aromatic heterocycles. The normalized spacial score (nSPS) is 21.0. The smallest absolute Gasteiger partial charge is 0.220 e. The van der Waals surface area contributed by atoms with Crippen LogP contribution in [-0.2, 0) is 14.3 Å². The maximum absolute atomic E-state index is 13.0. The van der Waals surface area contributed by atoms with Gasteiger partial charge in [0, 0.05) is 6.42 Å². The Bertz CT molecular complexity index is 904. The molecular formula is C48H93NO8. The van der Waals surface area contributed by atoms with Crippen molar-refractivity contribution >= 4 is 5.91 Å². The van der Waals surface area contributed by atoms with Crippen molar-refractivity contribution in [2.24, 2.45) is 0 Å². The summed E-state index contributed by atoms with van der Waals surface area (Å²) in [6.45, 7) is 3.84. The molecular weight excluding hydrogens is 719 g/mol. The second kappa shape index (κ2) is 39.1. The fourth-order valence-electron chi connectivity index (χ4n) is 7.92. The first-order valence-electron chi connectivity index (χ1n) is 24.4. The first kappa shape index (κ1) is 53.9. The number of aliphatic hydroxyl groups is 5. The number of carbonyl (C=O) groups excluding carboxylic acids is 1. The molecule has 7 unspecified atom stereocenters. The monoisotopic (exact) mass is 812 g/mol. The topological polar surface area (TPSA) is 149 Å². The summed E-state index contributed by atoms with van der Waals surface area (Å²) in [7, 11) is 0. The zero-order valence-electron chi connectivity index (χ0n) is 37.1. The minimum Gasteiger partial charge on any atom is -0.394 e. The van der Waals surface area contributed by atoms with Gasteiger partial charge in [0.25, 0.3) is 0 Å². The highest BCUT2D eigenvalue weighted by Crippen LogP contribution is 2.23. The van der Waals surface area contributed by atoms with Gasteiger partial charge >= 0.3 is 0 Å². The summed E-state index contributed by atoms with van der Waals surface area (Å²) in [5, 5.41) is 54.4. The molecule has 1 rings (SSSR count). The molecule has 0 spiro atoms. The van der Waals surface area contributed by atoms with Crippen molar-refractivity contribution in [1.29, 1.82) is 0 Å². The number of hydrogen-bond donors (Lipinski definition) is 6. The first-order valence-corrected chi connectivity index (χ1v) is 24.4. The molecule has 0 aromatic rings. The summed E-state index contributed by atoms with van der Waals surface area (Å²) in [6.07, 6.45) is 37.9. The number of allylic oxidation sites excluding steroid dienone is 2. The van der Waals surface area contributed by atoms with Gasteiger partial charge in [-0.2, -0.15) is 0 Å². The standard InChI is InChI=1S/C48H93NO8/c1-3-5-7-9-11-13-15-17-18-19-20-21-22-23-24-26-28-30-32-34-36-38-44(52)49-41(40-56-48-47(55)46(54)45(53)43(39-50)57-48)42(51)37-35-33-31-29-27-25-16-14-12-10-8-6-4-2/h19-20,41-43,45-48,50-51,53-55H,3-18,21-40H2,1-2H3,(H,49,52)/b20-19-. The van der Waals surface area contributed by atoms with E-state index in [1.807, 2.05) is 0 Å². The predicted molar refractivity (Wildman–Crippen MR) is 235 cm³/mol. The van der Waals surface area contributed by atoms with Crippen LogP contribution in [0.5, 0.6) is 0 Å². The number of carbonyl (C=O) groups is 1. The molecule has 9 heteroatoms.